The zero-order valence-electron chi connectivity index (χ0n) is 14.6. The van der Waals surface area contributed by atoms with E-state index in [4.69, 9.17) is 4.74 Å². The summed E-state index contributed by atoms with van der Waals surface area (Å²) in [5.41, 5.74) is 3.19. The van der Waals surface area contributed by atoms with Crippen LogP contribution in [0.4, 0.5) is 0 Å². The molecule has 0 aliphatic heterocycles. The highest BCUT2D eigenvalue weighted by Gasteiger charge is 2.00. The lowest BCUT2D eigenvalue weighted by molar-refractivity contribution is 0.101. The Balaban J connectivity index is 0.00000102. The molecule has 0 radical (unpaired) electrons. The van der Waals surface area contributed by atoms with Gasteiger partial charge in [0.1, 0.15) is 5.75 Å². The molecule has 0 spiro atoms. The van der Waals surface area contributed by atoms with Crippen LogP contribution < -0.4 is 4.74 Å². The molecule has 0 amide bonds. The van der Waals surface area contributed by atoms with Crippen LogP contribution in [0.5, 0.6) is 5.75 Å². The molecule has 2 aromatic rings. The van der Waals surface area contributed by atoms with Crippen LogP contribution in [0.1, 0.15) is 56.1 Å². The molecule has 22 heavy (non-hydrogen) atoms. The van der Waals surface area contributed by atoms with Gasteiger partial charge in [-0.05, 0) is 36.6 Å². The molecule has 2 nitrogen and oxygen atoms in total. The summed E-state index contributed by atoms with van der Waals surface area (Å²) in [6, 6.07) is 15.8. The maximum atomic E-state index is 11.2. The Kier molecular flexibility index (Phi) is 10.5. The first-order chi connectivity index (χ1) is 10.7. The van der Waals surface area contributed by atoms with E-state index in [0.29, 0.717) is 0 Å². The van der Waals surface area contributed by atoms with Crippen LogP contribution in [0.3, 0.4) is 0 Å². The molecule has 0 bridgehead atoms. The molecule has 0 aromatic heterocycles. The average molecular weight is 300 g/mol. The second-order valence-corrected chi connectivity index (χ2v) is 4.28. The van der Waals surface area contributed by atoms with Crippen LogP contribution >= 0.6 is 0 Å². The van der Waals surface area contributed by atoms with E-state index in [2.05, 4.69) is 12.1 Å². The molecule has 0 saturated heterocycles. The topological polar surface area (TPSA) is 26.3 Å². The number of methoxy groups -OCH3 is 1. The molecule has 0 saturated carbocycles. The number of carbonyl (C=O) groups is 1. The maximum Gasteiger partial charge on any atom is 0.159 e. The molecule has 0 fully saturated rings. The standard InChI is InChI=1S/C16H16O2.2C2H6/c1-12(17)15-7-3-13(4-8-15)11-14-5-9-16(18-2)10-6-14;2*1-2/h3-10H,11H2,1-2H3;2*1-2H3. The van der Waals surface area contributed by atoms with Crippen molar-refractivity contribution in [3.63, 3.8) is 0 Å². The number of carbonyl (C=O) groups excluding carboxylic acids is 1. The van der Waals surface area contributed by atoms with E-state index in [1.807, 2.05) is 64.1 Å². The summed E-state index contributed by atoms with van der Waals surface area (Å²) in [4.78, 5) is 11.2. The summed E-state index contributed by atoms with van der Waals surface area (Å²) in [7, 11) is 1.66. The molecular weight excluding hydrogens is 272 g/mol. The van der Waals surface area contributed by atoms with Crippen molar-refractivity contribution >= 4 is 5.78 Å². The molecule has 0 N–H and O–H groups in total. The van der Waals surface area contributed by atoms with Gasteiger partial charge in [-0.25, -0.2) is 0 Å². The van der Waals surface area contributed by atoms with Gasteiger partial charge in [0.25, 0.3) is 0 Å². The van der Waals surface area contributed by atoms with Gasteiger partial charge in [0.05, 0.1) is 7.11 Å². The number of ether oxygens (including phenoxy) is 1. The number of Topliss-reactive ketones (excluding diaryl/α,β-unsaturated/α-hetero) is 1. The fourth-order valence-corrected chi connectivity index (χ4v) is 1.84. The van der Waals surface area contributed by atoms with Gasteiger partial charge in [-0.3, -0.25) is 4.79 Å². The molecule has 0 aliphatic carbocycles. The van der Waals surface area contributed by atoms with Crippen molar-refractivity contribution in [2.24, 2.45) is 0 Å². The molecular formula is C20H28O2. The van der Waals surface area contributed by atoms with Crippen molar-refractivity contribution in [2.45, 2.75) is 41.0 Å². The molecule has 0 unspecified atom stereocenters. The lowest BCUT2D eigenvalue weighted by atomic mass is 10.0. The van der Waals surface area contributed by atoms with E-state index in [1.165, 1.54) is 11.1 Å². The minimum Gasteiger partial charge on any atom is -0.497 e. The number of rotatable bonds is 4. The van der Waals surface area contributed by atoms with Crippen molar-refractivity contribution in [1.82, 2.24) is 0 Å². The van der Waals surface area contributed by atoms with Crippen LogP contribution in [-0.4, -0.2) is 12.9 Å². The van der Waals surface area contributed by atoms with Gasteiger partial charge in [0.2, 0.25) is 0 Å². The fourth-order valence-electron chi connectivity index (χ4n) is 1.84. The smallest absolute Gasteiger partial charge is 0.159 e. The lowest BCUT2D eigenvalue weighted by Crippen LogP contribution is -1.93. The van der Waals surface area contributed by atoms with Crippen LogP contribution in [-0.2, 0) is 6.42 Å². The third-order valence-corrected chi connectivity index (χ3v) is 2.93. The Hall–Kier alpha value is -2.09. The molecule has 0 aliphatic rings. The molecule has 2 heteroatoms. The molecule has 0 heterocycles. The highest BCUT2D eigenvalue weighted by molar-refractivity contribution is 5.94. The van der Waals surface area contributed by atoms with Crippen LogP contribution in [0.25, 0.3) is 0 Å². The summed E-state index contributed by atoms with van der Waals surface area (Å²) >= 11 is 0. The van der Waals surface area contributed by atoms with E-state index in [9.17, 15) is 4.79 Å². The Morgan fingerprint density at radius 1 is 0.818 bits per heavy atom. The van der Waals surface area contributed by atoms with Gasteiger partial charge in [0, 0.05) is 5.56 Å². The zero-order chi connectivity index (χ0) is 17.0. The second-order valence-electron chi connectivity index (χ2n) is 4.28. The average Bonchev–Trinajstić information content (AvgIpc) is 2.59. The lowest BCUT2D eigenvalue weighted by Gasteiger charge is -2.04. The summed E-state index contributed by atoms with van der Waals surface area (Å²) in [6.07, 6.45) is 0.863. The van der Waals surface area contributed by atoms with Gasteiger partial charge >= 0.3 is 0 Å². The van der Waals surface area contributed by atoms with Gasteiger partial charge in [0.15, 0.2) is 5.78 Å². The summed E-state index contributed by atoms with van der Waals surface area (Å²) in [5.74, 6) is 0.969. The quantitative estimate of drug-likeness (QED) is 0.693. The Morgan fingerprint density at radius 2 is 1.23 bits per heavy atom. The third-order valence-electron chi connectivity index (χ3n) is 2.93. The monoisotopic (exact) mass is 300 g/mol. The van der Waals surface area contributed by atoms with Gasteiger partial charge in [-0.2, -0.15) is 0 Å². The first-order valence-corrected chi connectivity index (χ1v) is 7.92. The first kappa shape index (κ1) is 19.9. The van der Waals surface area contributed by atoms with E-state index >= 15 is 0 Å². The SMILES string of the molecule is CC.CC.COc1ccc(Cc2ccc(C(C)=O)cc2)cc1. The molecule has 0 atom stereocenters. The second kappa shape index (κ2) is 11.6. The highest BCUT2D eigenvalue weighted by Crippen LogP contribution is 2.15. The van der Waals surface area contributed by atoms with Gasteiger partial charge < -0.3 is 4.74 Å². The summed E-state index contributed by atoms with van der Waals surface area (Å²) in [5, 5.41) is 0. The van der Waals surface area contributed by atoms with Crippen molar-refractivity contribution in [1.29, 1.82) is 0 Å². The van der Waals surface area contributed by atoms with Gasteiger partial charge in [-0.1, -0.05) is 64.1 Å². The molecule has 2 aromatic carbocycles. The normalized spacial score (nSPS) is 8.82. The van der Waals surface area contributed by atoms with Gasteiger partial charge in [-0.15, -0.1) is 0 Å². The van der Waals surface area contributed by atoms with Crippen molar-refractivity contribution in [3.05, 3.63) is 65.2 Å². The minimum atomic E-state index is 0.103. The van der Waals surface area contributed by atoms with Crippen LogP contribution in [0.2, 0.25) is 0 Å². The highest BCUT2D eigenvalue weighted by atomic mass is 16.5. The van der Waals surface area contributed by atoms with E-state index < -0.39 is 0 Å². The Labute approximate surface area is 135 Å². The van der Waals surface area contributed by atoms with Crippen LogP contribution in [0.15, 0.2) is 48.5 Å². The maximum absolute atomic E-state index is 11.2. The largest absolute Gasteiger partial charge is 0.497 e. The van der Waals surface area contributed by atoms with Crippen molar-refractivity contribution in [2.75, 3.05) is 7.11 Å². The zero-order valence-corrected chi connectivity index (χ0v) is 14.6. The Morgan fingerprint density at radius 3 is 1.59 bits per heavy atom. The van der Waals surface area contributed by atoms with E-state index in [-0.39, 0.29) is 5.78 Å². The number of hydrogen-bond donors (Lipinski definition) is 0. The van der Waals surface area contributed by atoms with E-state index in [1.54, 1.807) is 14.0 Å². The fraction of sp³-hybridized carbons (Fsp3) is 0.350. The first-order valence-electron chi connectivity index (χ1n) is 7.92. The Bertz CT molecular complexity index is 525. The summed E-state index contributed by atoms with van der Waals surface area (Å²) in [6.45, 7) is 9.58. The van der Waals surface area contributed by atoms with Crippen LogP contribution in [0, 0.1) is 0 Å². The number of ketones is 1. The van der Waals surface area contributed by atoms with Crippen molar-refractivity contribution < 1.29 is 9.53 Å². The predicted molar refractivity (Wildman–Crippen MR) is 94.9 cm³/mol. The molecule has 120 valence electrons. The summed E-state index contributed by atoms with van der Waals surface area (Å²) < 4.78 is 5.12. The third kappa shape index (κ3) is 6.57. The molecule has 2 rings (SSSR count). The van der Waals surface area contributed by atoms with E-state index in [0.717, 1.165) is 17.7 Å². The number of benzene rings is 2. The number of hydrogen-bond acceptors (Lipinski definition) is 2. The predicted octanol–water partition coefficient (Wildman–Crippen LogP) is 5.54. The minimum absolute atomic E-state index is 0.103. The van der Waals surface area contributed by atoms with Crippen molar-refractivity contribution in [3.8, 4) is 5.75 Å².